The topological polar surface area (TPSA) is 99.9 Å². The van der Waals surface area contributed by atoms with E-state index in [0.29, 0.717) is 11.5 Å². The van der Waals surface area contributed by atoms with Crippen LogP contribution >= 0.6 is 23.2 Å². The lowest BCUT2D eigenvalue weighted by atomic mass is 10.2. The van der Waals surface area contributed by atoms with Gasteiger partial charge in [-0.1, -0.05) is 28.4 Å². The molecule has 1 saturated carbocycles. The first-order chi connectivity index (χ1) is 9.49. The van der Waals surface area contributed by atoms with Crippen LogP contribution in [0.3, 0.4) is 0 Å². The van der Waals surface area contributed by atoms with Crippen LogP contribution in [0, 0.1) is 10.1 Å². The molecule has 1 aliphatic carbocycles. The number of rotatable bonds is 3. The summed E-state index contributed by atoms with van der Waals surface area (Å²) in [6.45, 7) is 0. The summed E-state index contributed by atoms with van der Waals surface area (Å²) < 4.78 is 1.47. The standard InChI is InChI=1S/C11H9Cl2N5O2/c12-7-3-6(18(19)20)4-8(13)10(7)17-9(5-1-2-5)11(14)15-16-17/h3-5H,1-2,14H2. The van der Waals surface area contributed by atoms with E-state index in [1.165, 1.54) is 16.8 Å². The SMILES string of the molecule is Nc1nnn(-c2c(Cl)cc([N+](=O)[O-])cc2Cl)c1C1CC1. The maximum Gasteiger partial charge on any atom is 0.272 e. The Labute approximate surface area is 123 Å². The Morgan fingerprint density at radius 3 is 2.45 bits per heavy atom. The van der Waals surface area contributed by atoms with E-state index in [2.05, 4.69) is 10.3 Å². The van der Waals surface area contributed by atoms with Crippen LogP contribution in [-0.2, 0) is 0 Å². The van der Waals surface area contributed by atoms with Gasteiger partial charge in [-0.05, 0) is 12.8 Å². The summed E-state index contributed by atoms with van der Waals surface area (Å²) in [5.41, 5.74) is 6.75. The summed E-state index contributed by atoms with van der Waals surface area (Å²) in [6.07, 6.45) is 2.00. The molecule has 3 rings (SSSR count). The first kappa shape index (κ1) is 13.1. The Morgan fingerprint density at radius 2 is 1.95 bits per heavy atom. The molecular formula is C11H9Cl2N5O2. The number of nitro groups is 1. The minimum atomic E-state index is -0.557. The zero-order chi connectivity index (χ0) is 14.4. The van der Waals surface area contributed by atoms with E-state index >= 15 is 0 Å². The monoisotopic (exact) mass is 313 g/mol. The summed E-state index contributed by atoms with van der Waals surface area (Å²) in [4.78, 5) is 10.2. The average molecular weight is 314 g/mol. The Morgan fingerprint density at radius 1 is 1.35 bits per heavy atom. The second-order valence-corrected chi connectivity index (χ2v) is 5.38. The van der Waals surface area contributed by atoms with Crippen molar-refractivity contribution in [2.75, 3.05) is 5.73 Å². The van der Waals surface area contributed by atoms with E-state index < -0.39 is 4.92 Å². The summed E-state index contributed by atoms with van der Waals surface area (Å²) in [6, 6.07) is 2.47. The molecule has 1 aromatic heterocycles. The van der Waals surface area contributed by atoms with Gasteiger partial charge in [0, 0.05) is 18.1 Å². The van der Waals surface area contributed by atoms with Crippen molar-refractivity contribution in [3.63, 3.8) is 0 Å². The molecule has 1 heterocycles. The normalized spacial score (nSPS) is 14.5. The van der Waals surface area contributed by atoms with Crippen molar-refractivity contribution in [1.82, 2.24) is 15.0 Å². The highest BCUT2D eigenvalue weighted by atomic mass is 35.5. The summed E-state index contributed by atoms with van der Waals surface area (Å²) in [7, 11) is 0. The number of anilines is 1. The highest BCUT2D eigenvalue weighted by Crippen LogP contribution is 2.44. The van der Waals surface area contributed by atoms with Gasteiger partial charge in [0.25, 0.3) is 5.69 Å². The second-order valence-electron chi connectivity index (χ2n) is 4.56. The fourth-order valence-corrected chi connectivity index (χ4v) is 2.70. The van der Waals surface area contributed by atoms with Gasteiger partial charge in [-0.25, -0.2) is 4.68 Å². The minimum absolute atomic E-state index is 0.135. The van der Waals surface area contributed by atoms with Gasteiger partial charge in [-0.15, -0.1) is 5.10 Å². The molecule has 1 aliphatic rings. The largest absolute Gasteiger partial charge is 0.381 e. The third-order valence-corrected chi connectivity index (χ3v) is 3.70. The van der Waals surface area contributed by atoms with Gasteiger partial charge in [0.15, 0.2) is 5.82 Å². The highest BCUT2D eigenvalue weighted by Gasteiger charge is 2.32. The molecule has 20 heavy (non-hydrogen) atoms. The molecule has 7 nitrogen and oxygen atoms in total. The molecule has 0 bridgehead atoms. The fraction of sp³-hybridized carbons (Fsp3) is 0.273. The third kappa shape index (κ3) is 2.08. The molecule has 0 spiro atoms. The minimum Gasteiger partial charge on any atom is -0.381 e. The van der Waals surface area contributed by atoms with Crippen molar-refractivity contribution < 1.29 is 4.92 Å². The third-order valence-electron chi connectivity index (χ3n) is 3.12. The lowest BCUT2D eigenvalue weighted by molar-refractivity contribution is -0.384. The van der Waals surface area contributed by atoms with E-state index in [1.807, 2.05) is 0 Å². The quantitative estimate of drug-likeness (QED) is 0.693. The van der Waals surface area contributed by atoms with Crippen LogP contribution in [0.15, 0.2) is 12.1 Å². The van der Waals surface area contributed by atoms with Crippen molar-refractivity contribution in [3.8, 4) is 5.69 Å². The van der Waals surface area contributed by atoms with Gasteiger partial charge in [-0.2, -0.15) is 0 Å². The zero-order valence-corrected chi connectivity index (χ0v) is 11.6. The maximum atomic E-state index is 10.8. The maximum absolute atomic E-state index is 10.8. The zero-order valence-electron chi connectivity index (χ0n) is 10.1. The Bertz CT molecular complexity index is 688. The van der Waals surface area contributed by atoms with Gasteiger partial charge < -0.3 is 5.73 Å². The Balaban J connectivity index is 2.18. The molecule has 0 unspecified atom stereocenters. The van der Waals surface area contributed by atoms with Crippen molar-refractivity contribution in [3.05, 3.63) is 38.0 Å². The van der Waals surface area contributed by atoms with Gasteiger partial charge in [-0.3, -0.25) is 10.1 Å². The van der Waals surface area contributed by atoms with Crippen LogP contribution < -0.4 is 5.73 Å². The van der Waals surface area contributed by atoms with Gasteiger partial charge in [0.2, 0.25) is 0 Å². The molecule has 1 fully saturated rings. The number of hydrogen-bond donors (Lipinski definition) is 1. The van der Waals surface area contributed by atoms with Crippen LogP contribution in [0.1, 0.15) is 24.5 Å². The number of aromatic nitrogens is 3. The predicted octanol–water partition coefficient (Wildman–Crippen LogP) is 2.94. The number of benzene rings is 1. The predicted molar refractivity (Wildman–Crippen MR) is 74.4 cm³/mol. The smallest absolute Gasteiger partial charge is 0.272 e. The summed E-state index contributed by atoms with van der Waals surface area (Å²) in [5, 5.41) is 18.8. The summed E-state index contributed by atoms with van der Waals surface area (Å²) >= 11 is 12.2. The van der Waals surface area contributed by atoms with E-state index in [4.69, 9.17) is 28.9 Å². The molecular weight excluding hydrogens is 305 g/mol. The summed E-state index contributed by atoms with van der Waals surface area (Å²) in [5.74, 6) is 0.616. The van der Waals surface area contributed by atoms with E-state index in [1.54, 1.807) is 0 Å². The molecule has 0 atom stereocenters. The van der Waals surface area contributed by atoms with Crippen LogP contribution in [0.4, 0.5) is 11.5 Å². The molecule has 1 aromatic carbocycles. The number of halogens is 2. The van der Waals surface area contributed by atoms with Crippen molar-refractivity contribution >= 4 is 34.7 Å². The molecule has 0 saturated heterocycles. The fourth-order valence-electron chi connectivity index (χ4n) is 2.06. The number of nitro benzene ring substituents is 1. The number of nitrogen functional groups attached to an aromatic ring is 1. The average Bonchev–Trinajstić information content (AvgIpc) is 3.13. The van der Waals surface area contributed by atoms with Crippen LogP contribution in [0.25, 0.3) is 5.69 Å². The van der Waals surface area contributed by atoms with Gasteiger partial charge in [0.05, 0.1) is 20.7 Å². The van der Waals surface area contributed by atoms with Crippen molar-refractivity contribution in [2.45, 2.75) is 18.8 Å². The molecule has 2 N–H and O–H groups in total. The van der Waals surface area contributed by atoms with Crippen molar-refractivity contribution in [2.24, 2.45) is 0 Å². The number of nitrogens with two attached hydrogens (primary N) is 1. The van der Waals surface area contributed by atoms with Crippen LogP contribution in [0.2, 0.25) is 10.0 Å². The number of nitrogens with zero attached hydrogens (tertiary/aromatic N) is 4. The van der Waals surface area contributed by atoms with Gasteiger partial charge in [0.1, 0.15) is 5.69 Å². The Kier molecular flexibility index (Phi) is 3.02. The van der Waals surface area contributed by atoms with E-state index in [0.717, 1.165) is 18.5 Å². The second kappa shape index (κ2) is 4.60. The lowest BCUT2D eigenvalue weighted by Gasteiger charge is -2.09. The first-order valence-electron chi connectivity index (χ1n) is 5.84. The number of non-ortho nitro benzene ring substituents is 1. The molecule has 0 radical (unpaired) electrons. The molecule has 9 heteroatoms. The first-order valence-corrected chi connectivity index (χ1v) is 6.59. The van der Waals surface area contributed by atoms with Gasteiger partial charge >= 0.3 is 0 Å². The van der Waals surface area contributed by atoms with Crippen LogP contribution in [0.5, 0.6) is 0 Å². The highest BCUT2D eigenvalue weighted by molar-refractivity contribution is 6.38. The lowest BCUT2D eigenvalue weighted by Crippen LogP contribution is -2.05. The molecule has 2 aromatic rings. The van der Waals surface area contributed by atoms with E-state index in [9.17, 15) is 10.1 Å². The molecule has 104 valence electrons. The molecule has 0 aliphatic heterocycles. The van der Waals surface area contributed by atoms with E-state index in [-0.39, 0.29) is 21.7 Å². The van der Waals surface area contributed by atoms with Crippen LogP contribution in [-0.4, -0.2) is 19.9 Å². The Hall–Kier alpha value is -1.86. The number of hydrogen-bond acceptors (Lipinski definition) is 5. The molecule has 0 amide bonds. The van der Waals surface area contributed by atoms with Crippen molar-refractivity contribution in [1.29, 1.82) is 0 Å².